The maximum Gasteiger partial charge on any atom is 0.0931 e. The van der Waals surface area contributed by atoms with Gasteiger partial charge in [-0.1, -0.05) is 0 Å². The molecule has 2 rings (SSSR count). The van der Waals surface area contributed by atoms with Gasteiger partial charge in [0.05, 0.1) is 12.7 Å². The van der Waals surface area contributed by atoms with E-state index in [1.54, 1.807) is 5.56 Å². The molecular formula is C11H17NOS. The molecular weight excluding hydrogens is 194 g/mol. The molecule has 0 unspecified atom stereocenters. The van der Waals surface area contributed by atoms with Crippen LogP contribution in [0.15, 0.2) is 5.38 Å². The topological polar surface area (TPSA) is 21.3 Å². The summed E-state index contributed by atoms with van der Waals surface area (Å²) in [4.78, 5) is 1.46. The van der Waals surface area contributed by atoms with Gasteiger partial charge in [0.2, 0.25) is 0 Å². The van der Waals surface area contributed by atoms with Gasteiger partial charge in [0.1, 0.15) is 0 Å². The molecule has 0 aromatic carbocycles. The van der Waals surface area contributed by atoms with E-state index in [4.69, 9.17) is 4.74 Å². The van der Waals surface area contributed by atoms with E-state index in [2.05, 4.69) is 17.6 Å². The van der Waals surface area contributed by atoms with Gasteiger partial charge in [0.15, 0.2) is 0 Å². The van der Waals surface area contributed by atoms with Crippen LogP contribution in [0.2, 0.25) is 0 Å². The summed E-state index contributed by atoms with van der Waals surface area (Å²) >= 11 is 1.86. The average Bonchev–Trinajstić information content (AvgIpc) is 2.58. The Morgan fingerprint density at radius 1 is 1.64 bits per heavy atom. The molecule has 2 heterocycles. The lowest BCUT2D eigenvalue weighted by atomic mass is 10.0. The van der Waals surface area contributed by atoms with Crippen molar-refractivity contribution in [1.29, 1.82) is 0 Å². The summed E-state index contributed by atoms with van der Waals surface area (Å²) in [5, 5.41) is 5.43. The Bertz CT molecular complexity index is 308. The van der Waals surface area contributed by atoms with Crippen molar-refractivity contribution in [2.45, 2.75) is 25.9 Å². The lowest BCUT2D eigenvalue weighted by Gasteiger charge is -2.23. The SMILES string of the molecule is CNCC[C@@H]1OCCc2c(C)csc21. The summed E-state index contributed by atoms with van der Waals surface area (Å²) in [5.74, 6) is 0. The summed E-state index contributed by atoms with van der Waals surface area (Å²) in [5.41, 5.74) is 2.99. The Balaban J connectivity index is 2.14. The first-order chi connectivity index (χ1) is 6.83. The molecule has 2 nitrogen and oxygen atoms in total. The van der Waals surface area contributed by atoms with Crippen LogP contribution in [0.4, 0.5) is 0 Å². The van der Waals surface area contributed by atoms with Crippen molar-refractivity contribution in [3.63, 3.8) is 0 Å². The summed E-state index contributed by atoms with van der Waals surface area (Å²) in [7, 11) is 1.99. The minimum absolute atomic E-state index is 0.338. The highest BCUT2D eigenvalue weighted by Crippen LogP contribution is 2.35. The molecule has 78 valence electrons. The predicted octanol–water partition coefficient (Wildman–Crippen LogP) is 2.28. The van der Waals surface area contributed by atoms with E-state index in [1.807, 2.05) is 18.4 Å². The van der Waals surface area contributed by atoms with E-state index in [9.17, 15) is 0 Å². The molecule has 0 fully saturated rings. The van der Waals surface area contributed by atoms with Crippen LogP contribution in [0.5, 0.6) is 0 Å². The first kappa shape index (κ1) is 10.1. The number of aryl methyl sites for hydroxylation is 1. The molecule has 0 saturated heterocycles. The van der Waals surface area contributed by atoms with Crippen LogP contribution in [0, 0.1) is 6.92 Å². The first-order valence-corrected chi connectivity index (χ1v) is 6.04. The summed E-state index contributed by atoms with van der Waals surface area (Å²) < 4.78 is 5.79. The van der Waals surface area contributed by atoms with Gasteiger partial charge in [-0.25, -0.2) is 0 Å². The third-order valence-electron chi connectivity index (χ3n) is 2.76. The number of rotatable bonds is 3. The lowest BCUT2D eigenvalue weighted by Crippen LogP contribution is -2.19. The third-order valence-corrected chi connectivity index (χ3v) is 3.99. The second kappa shape index (κ2) is 4.43. The first-order valence-electron chi connectivity index (χ1n) is 5.16. The fraction of sp³-hybridized carbons (Fsp3) is 0.636. The monoisotopic (exact) mass is 211 g/mol. The second-order valence-electron chi connectivity index (χ2n) is 3.76. The van der Waals surface area contributed by atoms with Gasteiger partial charge in [0.25, 0.3) is 0 Å². The fourth-order valence-corrected chi connectivity index (χ4v) is 3.14. The smallest absolute Gasteiger partial charge is 0.0931 e. The maximum atomic E-state index is 5.79. The largest absolute Gasteiger partial charge is 0.372 e. The molecule has 1 aromatic heterocycles. The van der Waals surface area contributed by atoms with Crippen LogP contribution in [0.25, 0.3) is 0 Å². The molecule has 1 aliphatic rings. The Hall–Kier alpha value is -0.380. The van der Waals surface area contributed by atoms with E-state index in [1.165, 1.54) is 10.4 Å². The van der Waals surface area contributed by atoms with Crippen molar-refractivity contribution in [3.05, 3.63) is 21.4 Å². The Labute approximate surface area is 89.3 Å². The highest BCUT2D eigenvalue weighted by Gasteiger charge is 2.23. The molecule has 0 spiro atoms. The van der Waals surface area contributed by atoms with Gasteiger partial charge in [-0.15, -0.1) is 11.3 Å². The van der Waals surface area contributed by atoms with E-state index >= 15 is 0 Å². The zero-order chi connectivity index (χ0) is 9.97. The molecule has 1 N–H and O–H groups in total. The quantitative estimate of drug-likeness (QED) is 0.828. The highest BCUT2D eigenvalue weighted by atomic mass is 32.1. The Morgan fingerprint density at radius 2 is 2.50 bits per heavy atom. The fourth-order valence-electron chi connectivity index (χ4n) is 1.95. The number of fused-ring (bicyclic) bond motifs is 1. The van der Waals surface area contributed by atoms with Crippen molar-refractivity contribution >= 4 is 11.3 Å². The van der Waals surface area contributed by atoms with Crippen LogP contribution in [0.1, 0.15) is 28.5 Å². The van der Waals surface area contributed by atoms with Crippen LogP contribution < -0.4 is 5.32 Å². The minimum Gasteiger partial charge on any atom is -0.372 e. The van der Waals surface area contributed by atoms with E-state index in [0.29, 0.717) is 6.10 Å². The summed E-state index contributed by atoms with van der Waals surface area (Å²) in [6.45, 7) is 4.12. The third kappa shape index (κ3) is 1.85. The van der Waals surface area contributed by atoms with E-state index < -0.39 is 0 Å². The zero-order valence-corrected chi connectivity index (χ0v) is 9.62. The molecule has 0 saturated carbocycles. The molecule has 0 amide bonds. The number of hydrogen-bond donors (Lipinski definition) is 1. The number of thiophene rings is 1. The normalized spacial score (nSPS) is 20.9. The molecule has 0 bridgehead atoms. The van der Waals surface area contributed by atoms with Crippen LogP contribution in [0.3, 0.4) is 0 Å². The van der Waals surface area contributed by atoms with Crippen molar-refractivity contribution in [2.24, 2.45) is 0 Å². The average molecular weight is 211 g/mol. The Kier molecular flexibility index (Phi) is 3.21. The van der Waals surface area contributed by atoms with Crippen LogP contribution in [-0.2, 0) is 11.2 Å². The van der Waals surface area contributed by atoms with E-state index in [-0.39, 0.29) is 0 Å². The van der Waals surface area contributed by atoms with Gasteiger partial charge in [-0.05, 0) is 49.9 Å². The lowest BCUT2D eigenvalue weighted by molar-refractivity contribution is 0.0400. The van der Waals surface area contributed by atoms with Crippen LogP contribution >= 0.6 is 11.3 Å². The number of nitrogens with one attached hydrogen (secondary N) is 1. The maximum absolute atomic E-state index is 5.79. The molecule has 14 heavy (non-hydrogen) atoms. The zero-order valence-electron chi connectivity index (χ0n) is 8.80. The van der Waals surface area contributed by atoms with Gasteiger partial charge in [-0.2, -0.15) is 0 Å². The number of ether oxygens (including phenoxy) is 1. The van der Waals surface area contributed by atoms with Gasteiger partial charge >= 0.3 is 0 Å². The van der Waals surface area contributed by atoms with Crippen molar-refractivity contribution in [3.8, 4) is 0 Å². The second-order valence-corrected chi connectivity index (χ2v) is 4.67. The van der Waals surface area contributed by atoms with Gasteiger partial charge < -0.3 is 10.1 Å². The number of hydrogen-bond acceptors (Lipinski definition) is 3. The Morgan fingerprint density at radius 3 is 3.29 bits per heavy atom. The minimum atomic E-state index is 0.338. The highest BCUT2D eigenvalue weighted by molar-refractivity contribution is 7.10. The van der Waals surface area contributed by atoms with Crippen molar-refractivity contribution in [2.75, 3.05) is 20.2 Å². The summed E-state index contributed by atoms with van der Waals surface area (Å²) in [6.07, 6.45) is 2.52. The van der Waals surface area contributed by atoms with Crippen molar-refractivity contribution < 1.29 is 4.74 Å². The molecule has 0 aliphatic carbocycles. The predicted molar refractivity (Wildman–Crippen MR) is 60.0 cm³/mol. The molecule has 3 heteroatoms. The molecule has 1 aliphatic heterocycles. The molecule has 0 radical (unpaired) electrons. The van der Waals surface area contributed by atoms with Crippen molar-refractivity contribution in [1.82, 2.24) is 5.32 Å². The van der Waals surface area contributed by atoms with Gasteiger partial charge in [-0.3, -0.25) is 0 Å². The molecule has 1 atom stereocenters. The standard InChI is InChI=1S/C11H17NOS/c1-8-7-14-11-9(8)4-6-13-10(11)3-5-12-2/h7,10,12H,3-6H2,1-2H3/t10-/m0/s1. The van der Waals surface area contributed by atoms with Crippen LogP contribution in [-0.4, -0.2) is 20.2 Å². The van der Waals surface area contributed by atoms with Gasteiger partial charge in [0, 0.05) is 4.88 Å². The molecule has 1 aromatic rings. The summed E-state index contributed by atoms with van der Waals surface area (Å²) in [6, 6.07) is 0. The van der Waals surface area contributed by atoms with E-state index in [0.717, 1.165) is 26.0 Å².